The minimum absolute atomic E-state index is 0.422. The number of carboxylic acids is 1. The van der Waals surface area contributed by atoms with Crippen LogP contribution in [0.5, 0.6) is 0 Å². The molecule has 9 nitrogen and oxygen atoms in total. The van der Waals surface area contributed by atoms with Crippen LogP contribution in [0.2, 0.25) is 0 Å². The third kappa shape index (κ3) is 2.53. The topological polar surface area (TPSA) is 102 Å². The Morgan fingerprint density at radius 2 is 1.88 bits per heavy atom. The molecule has 1 N–H and O–H groups in total. The number of tetrazole rings is 1. The normalized spacial score (nSPS) is 16.7. The molecule has 0 amide bonds. The molecule has 0 aliphatic carbocycles. The van der Waals surface area contributed by atoms with E-state index in [1.807, 2.05) is 35.2 Å². The Bertz CT molecular complexity index is 852. The number of hydrogen-bond donors (Lipinski definition) is 1. The molecule has 9 heteroatoms. The molecule has 3 heterocycles. The van der Waals surface area contributed by atoms with Crippen LogP contribution >= 0.6 is 0 Å². The molecular weight excluding hydrogens is 322 g/mol. The fourth-order valence-electron chi connectivity index (χ4n) is 3.26. The summed E-state index contributed by atoms with van der Waals surface area (Å²) < 4.78 is 3.22. The molecule has 1 aliphatic heterocycles. The Morgan fingerprint density at radius 1 is 1.12 bits per heavy atom. The van der Waals surface area contributed by atoms with Crippen LogP contribution in [-0.2, 0) is 10.3 Å². The number of benzene rings is 1. The molecule has 1 aliphatic rings. The van der Waals surface area contributed by atoms with Crippen molar-refractivity contribution < 1.29 is 9.90 Å². The van der Waals surface area contributed by atoms with Crippen molar-refractivity contribution in [3.05, 3.63) is 48.8 Å². The van der Waals surface area contributed by atoms with Gasteiger partial charge in [0.05, 0.1) is 5.69 Å². The maximum atomic E-state index is 11.9. The summed E-state index contributed by atoms with van der Waals surface area (Å²) in [6.45, 7) is 1.05. The maximum Gasteiger partial charge on any atom is 0.331 e. The Balaban J connectivity index is 1.59. The first-order valence-corrected chi connectivity index (χ1v) is 8.03. The first-order valence-electron chi connectivity index (χ1n) is 8.03. The van der Waals surface area contributed by atoms with Gasteiger partial charge in [-0.1, -0.05) is 23.3 Å². The lowest BCUT2D eigenvalue weighted by molar-refractivity contribution is -0.149. The van der Waals surface area contributed by atoms with Gasteiger partial charge in [-0.05, 0) is 28.6 Å². The Hall–Kier alpha value is -3.23. The number of piperidine rings is 1. The van der Waals surface area contributed by atoms with Gasteiger partial charge in [-0.3, -0.25) is 4.68 Å². The number of aliphatic carboxylic acids is 1. The van der Waals surface area contributed by atoms with E-state index in [1.54, 1.807) is 27.8 Å². The van der Waals surface area contributed by atoms with Crippen molar-refractivity contribution in [3.8, 4) is 5.69 Å². The van der Waals surface area contributed by atoms with Gasteiger partial charge in [-0.25, -0.2) is 4.79 Å². The molecule has 25 heavy (non-hydrogen) atoms. The Labute approximate surface area is 143 Å². The van der Waals surface area contributed by atoms with E-state index in [9.17, 15) is 9.90 Å². The average Bonchev–Trinajstić information content (AvgIpc) is 3.34. The smallest absolute Gasteiger partial charge is 0.331 e. The molecule has 0 bridgehead atoms. The molecule has 1 fully saturated rings. The molecule has 2 aromatic heterocycles. The van der Waals surface area contributed by atoms with Crippen molar-refractivity contribution in [3.63, 3.8) is 0 Å². The first kappa shape index (κ1) is 15.3. The second-order valence-electron chi connectivity index (χ2n) is 6.00. The van der Waals surface area contributed by atoms with Gasteiger partial charge in [-0.15, -0.1) is 0 Å². The number of carboxylic acid groups (broad SMARTS) is 1. The predicted octanol–water partition coefficient (Wildman–Crippen LogP) is 0.939. The van der Waals surface area contributed by atoms with E-state index in [0.29, 0.717) is 31.9 Å². The predicted molar refractivity (Wildman–Crippen MR) is 88.4 cm³/mol. The molecule has 0 saturated carbocycles. The lowest BCUT2D eigenvalue weighted by atomic mass is 9.88. The molecule has 1 aromatic carbocycles. The van der Waals surface area contributed by atoms with E-state index in [1.165, 1.54) is 0 Å². The van der Waals surface area contributed by atoms with Gasteiger partial charge in [0.25, 0.3) is 0 Å². The van der Waals surface area contributed by atoms with E-state index >= 15 is 0 Å². The summed E-state index contributed by atoms with van der Waals surface area (Å²) in [6, 6.07) is 11.4. The summed E-state index contributed by atoms with van der Waals surface area (Å²) in [4.78, 5) is 13.9. The van der Waals surface area contributed by atoms with E-state index < -0.39 is 11.5 Å². The average molecular weight is 339 g/mol. The van der Waals surface area contributed by atoms with Gasteiger partial charge < -0.3 is 10.0 Å². The molecule has 0 radical (unpaired) electrons. The summed E-state index contributed by atoms with van der Waals surface area (Å²) in [5.74, 6) is -0.246. The molecule has 0 atom stereocenters. The highest BCUT2D eigenvalue weighted by Gasteiger charge is 2.44. The largest absolute Gasteiger partial charge is 0.479 e. The van der Waals surface area contributed by atoms with Gasteiger partial charge in [0.2, 0.25) is 5.95 Å². The van der Waals surface area contributed by atoms with E-state index in [2.05, 4.69) is 20.6 Å². The van der Waals surface area contributed by atoms with Gasteiger partial charge in [0, 0.05) is 38.3 Å². The van der Waals surface area contributed by atoms with Crippen LogP contribution in [-0.4, -0.2) is 54.2 Å². The molecule has 3 aromatic rings. The Morgan fingerprint density at radius 3 is 2.52 bits per heavy atom. The first-order chi connectivity index (χ1) is 12.2. The highest BCUT2D eigenvalue weighted by Crippen LogP contribution is 2.32. The number of hydrogen-bond acceptors (Lipinski definition) is 6. The number of nitrogens with zero attached hydrogens (tertiary/aromatic N) is 7. The van der Waals surface area contributed by atoms with Crippen LogP contribution in [0.1, 0.15) is 12.8 Å². The van der Waals surface area contributed by atoms with Gasteiger partial charge >= 0.3 is 5.97 Å². The summed E-state index contributed by atoms with van der Waals surface area (Å²) in [7, 11) is 0. The number of carbonyl (C=O) groups is 1. The maximum absolute atomic E-state index is 11.9. The second-order valence-corrected chi connectivity index (χ2v) is 6.00. The van der Waals surface area contributed by atoms with Gasteiger partial charge in [0.1, 0.15) is 0 Å². The van der Waals surface area contributed by atoms with Crippen LogP contribution in [0.15, 0.2) is 48.8 Å². The molecule has 128 valence electrons. The lowest BCUT2D eigenvalue weighted by Crippen LogP contribution is -2.51. The fourth-order valence-corrected chi connectivity index (χ4v) is 3.26. The highest BCUT2D eigenvalue weighted by atomic mass is 16.4. The SMILES string of the molecule is O=C(O)C1(n2cccn2)CCN(c2nnnn2-c2ccccc2)CC1. The van der Waals surface area contributed by atoms with Crippen LogP contribution in [0, 0.1) is 0 Å². The van der Waals surface area contributed by atoms with Crippen molar-refractivity contribution in [1.82, 2.24) is 30.0 Å². The lowest BCUT2D eigenvalue weighted by Gasteiger charge is -2.38. The van der Waals surface area contributed by atoms with Crippen LogP contribution in [0.25, 0.3) is 5.69 Å². The minimum Gasteiger partial charge on any atom is -0.479 e. The van der Waals surface area contributed by atoms with Crippen molar-refractivity contribution in [2.24, 2.45) is 0 Å². The van der Waals surface area contributed by atoms with Crippen LogP contribution in [0.3, 0.4) is 0 Å². The van der Waals surface area contributed by atoms with Crippen LogP contribution in [0.4, 0.5) is 5.95 Å². The van der Waals surface area contributed by atoms with Crippen molar-refractivity contribution in [2.45, 2.75) is 18.4 Å². The zero-order chi connectivity index (χ0) is 17.3. The standard InChI is InChI=1S/C16H17N7O2/c24-14(25)16(22-10-4-9-17-22)7-11-21(12-8-16)15-18-19-20-23(15)13-5-2-1-3-6-13/h1-6,9-10H,7-8,11-12H2,(H,24,25). The summed E-state index contributed by atoms with van der Waals surface area (Å²) in [6.07, 6.45) is 4.15. The van der Waals surface area contributed by atoms with E-state index in [4.69, 9.17) is 0 Å². The second kappa shape index (κ2) is 6.00. The van der Waals surface area contributed by atoms with Gasteiger partial charge in [0.15, 0.2) is 5.54 Å². The molecule has 0 spiro atoms. The third-order valence-electron chi connectivity index (χ3n) is 4.67. The van der Waals surface area contributed by atoms with Crippen molar-refractivity contribution >= 4 is 11.9 Å². The number of aromatic nitrogens is 6. The zero-order valence-electron chi connectivity index (χ0n) is 13.4. The fraction of sp³-hybridized carbons (Fsp3) is 0.312. The molecule has 0 unspecified atom stereocenters. The zero-order valence-corrected chi connectivity index (χ0v) is 13.4. The van der Waals surface area contributed by atoms with Crippen LogP contribution < -0.4 is 4.90 Å². The summed E-state index contributed by atoms with van der Waals surface area (Å²) in [5.41, 5.74) is -0.157. The number of para-hydroxylation sites is 1. The van der Waals surface area contributed by atoms with E-state index in [-0.39, 0.29) is 0 Å². The van der Waals surface area contributed by atoms with Crippen molar-refractivity contribution in [1.29, 1.82) is 0 Å². The van der Waals surface area contributed by atoms with Gasteiger partial charge in [-0.2, -0.15) is 9.78 Å². The monoisotopic (exact) mass is 339 g/mol. The number of rotatable bonds is 4. The quantitative estimate of drug-likeness (QED) is 0.754. The molecule has 4 rings (SSSR count). The molecular formula is C16H17N7O2. The summed E-state index contributed by atoms with van der Waals surface area (Å²) >= 11 is 0. The third-order valence-corrected chi connectivity index (χ3v) is 4.67. The molecule has 1 saturated heterocycles. The highest BCUT2D eigenvalue weighted by molar-refractivity contribution is 5.77. The Kier molecular flexibility index (Phi) is 3.68. The van der Waals surface area contributed by atoms with E-state index in [0.717, 1.165) is 5.69 Å². The number of anilines is 1. The van der Waals surface area contributed by atoms with Crippen molar-refractivity contribution in [2.75, 3.05) is 18.0 Å². The minimum atomic E-state index is -1.02. The summed E-state index contributed by atoms with van der Waals surface area (Å²) in [5, 5.41) is 25.9.